The Balaban J connectivity index is 2.07. The number of thioether (sulfide) groups is 1. The molecule has 1 saturated heterocycles. The van der Waals surface area contributed by atoms with E-state index in [0.717, 1.165) is 15.8 Å². The molecule has 1 aromatic rings. The van der Waals surface area contributed by atoms with Crippen molar-refractivity contribution in [1.82, 2.24) is 9.80 Å². The minimum absolute atomic E-state index is 0.238. The number of carboxylic acids is 1. The number of aliphatic carboxylic acids is 1. The summed E-state index contributed by atoms with van der Waals surface area (Å²) >= 11 is 5.03. The highest BCUT2D eigenvalue weighted by Gasteiger charge is 2.33. The third-order valence-corrected chi connectivity index (χ3v) is 5.15. The Hall–Kier alpha value is -1.21. The monoisotopic (exact) mass is 372 g/mol. The van der Waals surface area contributed by atoms with Gasteiger partial charge in [-0.3, -0.25) is 0 Å². The first-order valence-corrected chi connectivity index (χ1v) is 8.51. The van der Waals surface area contributed by atoms with Gasteiger partial charge in [-0.2, -0.15) is 11.8 Å². The van der Waals surface area contributed by atoms with Gasteiger partial charge >= 0.3 is 12.0 Å². The number of hydrogen-bond donors (Lipinski definition) is 1. The van der Waals surface area contributed by atoms with Gasteiger partial charge in [0.1, 0.15) is 6.04 Å². The van der Waals surface area contributed by atoms with E-state index in [-0.39, 0.29) is 6.03 Å². The predicted octanol–water partition coefficient (Wildman–Crippen LogP) is 2.50. The van der Waals surface area contributed by atoms with Crippen LogP contribution >= 0.6 is 27.7 Å². The van der Waals surface area contributed by atoms with Crippen LogP contribution in [0.25, 0.3) is 0 Å². The quantitative estimate of drug-likeness (QED) is 0.885. The highest BCUT2D eigenvalue weighted by molar-refractivity contribution is 9.10. The second-order valence-corrected chi connectivity index (χ2v) is 6.86. The molecule has 0 spiro atoms. The zero-order chi connectivity index (χ0) is 15.4. The molecule has 1 heterocycles. The lowest BCUT2D eigenvalue weighted by Crippen LogP contribution is -2.53. The fourth-order valence-corrected chi connectivity index (χ4v) is 3.65. The second kappa shape index (κ2) is 7.17. The molecule has 0 bridgehead atoms. The molecule has 0 aliphatic carbocycles. The molecule has 21 heavy (non-hydrogen) atoms. The lowest BCUT2D eigenvalue weighted by molar-refractivity contribution is -0.141. The number of carboxylic acid groups (broad SMARTS) is 1. The molecule has 0 aromatic heterocycles. The van der Waals surface area contributed by atoms with Crippen molar-refractivity contribution in [2.45, 2.75) is 12.6 Å². The van der Waals surface area contributed by atoms with Crippen molar-refractivity contribution in [1.29, 1.82) is 0 Å². The topological polar surface area (TPSA) is 60.9 Å². The molecule has 114 valence electrons. The van der Waals surface area contributed by atoms with Crippen molar-refractivity contribution >= 4 is 39.7 Å². The van der Waals surface area contributed by atoms with E-state index >= 15 is 0 Å². The molecule has 1 aliphatic heterocycles. The Morgan fingerprint density at radius 3 is 2.86 bits per heavy atom. The molecule has 1 unspecified atom stereocenters. The van der Waals surface area contributed by atoms with E-state index < -0.39 is 12.0 Å². The fourth-order valence-electron chi connectivity index (χ4n) is 2.21. The van der Waals surface area contributed by atoms with E-state index in [4.69, 9.17) is 0 Å². The van der Waals surface area contributed by atoms with Crippen molar-refractivity contribution < 1.29 is 14.7 Å². The van der Waals surface area contributed by atoms with Crippen LogP contribution in [-0.4, -0.2) is 58.0 Å². The average molecular weight is 373 g/mol. The summed E-state index contributed by atoms with van der Waals surface area (Å²) < 4.78 is 0.939. The smallest absolute Gasteiger partial charge is 0.327 e. The number of carbonyl (C=O) groups is 2. The minimum atomic E-state index is -0.940. The summed E-state index contributed by atoms with van der Waals surface area (Å²) in [6, 6.07) is 6.71. The van der Waals surface area contributed by atoms with Crippen LogP contribution in [0.15, 0.2) is 28.7 Å². The lowest BCUT2D eigenvalue weighted by atomic mass is 10.2. The SMILES string of the molecule is CN(Cc1ccccc1Br)C(=O)N1CCSCC1C(=O)O. The largest absolute Gasteiger partial charge is 0.480 e. The zero-order valence-corrected chi connectivity index (χ0v) is 14.1. The molecule has 7 heteroatoms. The molecule has 2 rings (SSSR count). The first kappa shape index (κ1) is 16.2. The van der Waals surface area contributed by atoms with Crippen LogP contribution in [0.5, 0.6) is 0 Å². The molecule has 1 atom stereocenters. The molecule has 0 radical (unpaired) electrons. The Labute approximate surface area is 136 Å². The third kappa shape index (κ3) is 3.91. The number of amides is 2. The number of carbonyl (C=O) groups excluding carboxylic acids is 1. The van der Waals surface area contributed by atoms with Gasteiger partial charge in [0, 0.05) is 36.1 Å². The molecular formula is C14H17BrN2O3S. The first-order valence-electron chi connectivity index (χ1n) is 6.56. The minimum Gasteiger partial charge on any atom is -0.480 e. The maximum atomic E-state index is 12.5. The summed E-state index contributed by atoms with van der Waals surface area (Å²) in [7, 11) is 1.70. The van der Waals surface area contributed by atoms with E-state index in [1.54, 1.807) is 23.7 Å². The van der Waals surface area contributed by atoms with Crippen molar-refractivity contribution in [2.24, 2.45) is 0 Å². The number of halogens is 1. The van der Waals surface area contributed by atoms with Gasteiger partial charge in [-0.1, -0.05) is 34.1 Å². The highest BCUT2D eigenvalue weighted by atomic mass is 79.9. The molecule has 1 aliphatic rings. The number of hydrogen-bond acceptors (Lipinski definition) is 3. The molecule has 5 nitrogen and oxygen atoms in total. The van der Waals surface area contributed by atoms with Gasteiger partial charge in [-0.25, -0.2) is 9.59 Å². The van der Waals surface area contributed by atoms with Crippen molar-refractivity contribution in [3.05, 3.63) is 34.3 Å². The van der Waals surface area contributed by atoms with E-state index in [1.165, 1.54) is 4.90 Å². The van der Waals surface area contributed by atoms with Crippen LogP contribution < -0.4 is 0 Å². The first-order chi connectivity index (χ1) is 10.0. The normalized spacial score (nSPS) is 18.4. The summed E-state index contributed by atoms with van der Waals surface area (Å²) in [5.74, 6) is 0.285. The van der Waals surface area contributed by atoms with Gasteiger partial charge in [0.2, 0.25) is 0 Å². The molecule has 1 aromatic carbocycles. The fraction of sp³-hybridized carbons (Fsp3) is 0.429. The Bertz CT molecular complexity index is 541. The molecule has 0 saturated carbocycles. The van der Waals surface area contributed by atoms with Crippen molar-refractivity contribution in [3.63, 3.8) is 0 Å². The molecule has 1 N–H and O–H groups in total. The summed E-state index contributed by atoms with van der Waals surface area (Å²) in [5, 5.41) is 9.24. The maximum Gasteiger partial charge on any atom is 0.327 e. The highest BCUT2D eigenvalue weighted by Crippen LogP contribution is 2.21. The van der Waals surface area contributed by atoms with Crippen LogP contribution in [0.1, 0.15) is 5.56 Å². The molecule has 2 amide bonds. The van der Waals surface area contributed by atoms with Gasteiger partial charge in [0.25, 0.3) is 0 Å². The Kier molecular flexibility index (Phi) is 5.52. The van der Waals surface area contributed by atoms with Crippen LogP contribution in [0.3, 0.4) is 0 Å². The summed E-state index contributed by atoms with van der Waals surface area (Å²) in [5.41, 5.74) is 0.992. The average Bonchev–Trinajstić information content (AvgIpc) is 2.48. The number of benzene rings is 1. The molecule has 1 fully saturated rings. The number of nitrogens with zero attached hydrogens (tertiary/aromatic N) is 2. The van der Waals surface area contributed by atoms with Crippen LogP contribution in [0, 0.1) is 0 Å². The summed E-state index contributed by atoms with van der Waals surface area (Å²) in [4.78, 5) is 26.8. The van der Waals surface area contributed by atoms with Gasteiger partial charge in [0.05, 0.1) is 0 Å². The summed E-state index contributed by atoms with van der Waals surface area (Å²) in [6.07, 6.45) is 0. The summed E-state index contributed by atoms with van der Waals surface area (Å²) in [6.45, 7) is 0.914. The van der Waals surface area contributed by atoms with Gasteiger partial charge in [-0.05, 0) is 11.6 Å². The Morgan fingerprint density at radius 1 is 1.48 bits per heavy atom. The van der Waals surface area contributed by atoms with Crippen molar-refractivity contribution in [3.8, 4) is 0 Å². The van der Waals surface area contributed by atoms with E-state index in [9.17, 15) is 14.7 Å². The molecular weight excluding hydrogens is 356 g/mol. The maximum absolute atomic E-state index is 12.5. The zero-order valence-electron chi connectivity index (χ0n) is 11.7. The van der Waals surface area contributed by atoms with Crippen LogP contribution in [0.4, 0.5) is 4.79 Å². The standard InChI is InChI=1S/C14H17BrN2O3S/c1-16(8-10-4-2-3-5-11(10)15)14(20)17-6-7-21-9-12(17)13(18)19/h2-5,12H,6-9H2,1H3,(H,18,19). The van der Waals surface area contributed by atoms with E-state index in [1.807, 2.05) is 24.3 Å². The number of rotatable bonds is 3. The van der Waals surface area contributed by atoms with Gasteiger partial charge in [0.15, 0.2) is 0 Å². The second-order valence-electron chi connectivity index (χ2n) is 4.85. The van der Waals surface area contributed by atoms with Gasteiger partial charge in [-0.15, -0.1) is 0 Å². The van der Waals surface area contributed by atoms with Crippen molar-refractivity contribution in [2.75, 3.05) is 25.1 Å². The van der Waals surface area contributed by atoms with E-state index in [2.05, 4.69) is 15.9 Å². The predicted molar refractivity (Wildman–Crippen MR) is 86.5 cm³/mol. The Morgan fingerprint density at radius 2 is 2.19 bits per heavy atom. The lowest BCUT2D eigenvalue weighted by Gasteiger charge is -2.35. The van der Waals surface area contributed by atoms with Crippen LogP contribution in [-0.2, 0) is 11.3 Å². The number of urea groups is 1. The van der Waals surface area contributed by atoms with E-state index in [0.29, 0.717) is 18.8 Å². The third-order valence-electron chi connectivity index (χ3n) is 3.35. The van der Waals surface area contributed by atoms with Gasteiger partial charge < -0.3 is 14.9 Å². The van der Waals surface area contributed by atoms with Crippen LogP contribution in [0.2, 0.25) is 0 Å².